The molecule has 0 amide bonds. The van der Waals surface area contributed by atoms with Crippen LogP contribution in [0.15, 0.2) is 54.9 Å². The standard InChI is InChI=1S/C24H22N2O2S/c1-3-28-24(27)10-15(2)22-11-20-21(13-26-14-23(20)29-22)19-9-8-16(12-25)17-6-4-5-7-18(17)19/h4-9,11,13-15,24,27H,3,10H2,1-2H3. The minimum absolute atomic E-state index is 0.180. The number of aliphatic hydroxyl groups excluding tert-OH is 1. The summed E-state index contributed by atoms with van der Waals surface area (Å²) in [5, 5.41) is 22.6. The lowest BCUT2D eigenvalue weighted by atomic mass is 9.94. The summed E-state index contributed by atoms with van der Waals surface area (Å²) in [5.74, 6) is 0.180. The van der Waals surface area contributed by atoms with Gasteiger partial charge >= 0.3 is 0 Å². The molecule has 2 unspecified atom stereocenters. The minimum atomic E-state index is -0.750. The van der Waals surface area contributed by atoms with E-state index in [9.17, 15) is 10.4 Å². The Hall–Kier alpha value is -2.78. The molecular weight excluding hydrogens is 380 g/mol. The zero-order valence-corrected chi connectivity index (χ0v) is 17.2. The van der Waals surface area contributed by atoms with Crippen LogP contribution in [0.2, 0.25) is 0 Å². The first-order valence-electron chi connectivity index (χ1n) is 9.71. The molecule has 0 aliphatic heterocycles. The average molecular weight is 403 g/mol. The summed E-state index contributed by atoms with van der Waals surface area (Å²) in [6, 6.07) is 16.4. The third-order valence-electron chi connectivity index (χ3n) is 5.20. The Kier molecular flexibility index (Phi) is 5.59. The maximum atomic E-state index is 10.00. The van der Waals surface area contributed by atoms with Gasteiger partial charge in [-0.25, -0.2) is 0 Å². The van der Waals surface area contributed by atoms with E-state index >= 15 is 0 Å². The predicted molar refractivity (Wildman–Crippen MR) is 118 cm³/mol. The largest absolute Gasteiger partial charge is 0.368 e. The number of aromatic nitrogens is 1. The van der Waals surface area contributed by atoms with E-state index in [4.69, 9.17) is 4.74 Å². The molecule has 1 N–H and O–H groups in total. The second-order valence-electron chi connectivity index (χ2n) is 7.11. The highest BCUT2D eigenvalue weighted by Gasteiger charge is 2.17. The highest BCUT2D eigenvalue weighted by Crippen LogP contribution is 2.40. The van der Waals surface area contributed by atoms with Crippen molar-refractivity contribution in [3.63, 3.8) is 0 Å². The van der Waals surface area contributed by atoms with Crippen LogP contribution < -0.4 is 0 Å². The highest BCUT2D eigenvalue weighted by molar-refractivity contribution is 7.19. The van der Waals surface area contributed by atoms with Gasteiger partial charge in [0.05, 0.1) is 16.3 Å². The number of nitrogens with zero attached hydrogens (tertiary/aromatic N) is 2. The normalized spacial score (nSPS) is 13.4. The Morgan fingerprint density at radius 2 is 1.90 bits per heavy atom. The quantitative estimate of drug-likeness (QED) is 0.412. The van der Waals surface area contributed by atoms with E-state index in [1.54, 1.807) is 11.3 Å². The lowest BCUT2D eigenvalue weighted by molar-refractivity contribution is -0.101. The van der Waals surface area contributed by atoms with Gasteiger partial charge in [-0.3, -0.25) is 4.98 Å². The molecule has 0 radical (unpaired) electrons. The molecule has 2 heterocycles. The third-order valence-corrected chi connectivity index (χ3v) is 6.50. The van der Waals surface area contributed by atoms with Gasteiger partial charge in [-0.1, -0.05) is 37.3 Å². The molecule has 5 heteroatoms. The van der Waals surface area contributed by atoms with Crippen molar-refractivity contribution >= 4 is 32.2 Å². The van der Waals surface area contributed by atoms with Gasteiger partial charge in [-0.15, -0.1) is 11.3 Å². The highest BCUT2D eigenvalue weighted by atomic mass is 32.1. The van der Waals surface area contributed by atoms with Crippen molar-refractivity contribution in [2.24, 2.45) is 0 Å². The van der Waals surface area contributed by atoms with Crippen LogP contribution in [0.25, 0.3) is 32.0 Å². The van der Waals surface area contributed by atoms with Gasteiger partial charge in [0.15, 0.2) is 6.29 Å². The van der Waals surface area contributed by atoms with Gasteiger partial charge in [0.1, 0.15) is 0 Å². The molecule has 0 aliphatic rings. The number of rotatable bonds is 6. The summed E-state index contributed by atoms with van der Waals surface area (Å²) in [5.41, 5.74) is 2.81. The Morgan fingerprint density at radius 1 is 1.10 bits per heavy atom. The van der Waals surface area contributed by atoms with Crippen molar-refractivity contribution in [2.45, 2.75) is 32.5 Å². The molecule has 4 nitrogen and oxygen atoms in total. The SMILES string of the molecule is CCOC(O)CC(C)c1cc2c(-c3ccc(C#N)c4ccccc34)cncc2s1. The van der Waals surface area contributed by atoms with Gasteiger partial charge in [-0.2, -0.15) is 5.26 Å². The second-order valence-corrected chi connectivity index (χ2v) is 8.23. The molecule has 146 valence electrons. The lowest BCUT2D eigenvalue weighted by Gasteiger charge is -2.14. The van der Waals surface area contributed by atoms with Gasteiger partial charge in [0, 0.05) is 46.6 Å². The molecule has 2 aromatic heterocycles. The number of aliphatic hydroxyl groups is 1. The smallest absolute Gasteiger partial charge is 0.155 e. The van der Waals surface area contributed by atoms with Crippen LogP contribution in [-0.4, -0.2) is 23.0 Å². The molecule has 0 saturated heterocycles. The van der Waals surface area contributed by atoms with Crippen molar-refractivity contribution in [2.75, 3.05) is 6.61 Å². The predicted octanol–water partition coefficient (Wildman–Crippen LogP) is 5.84. The fourth-order valence-electron chi connectivity index (χ4n) is 3.75. The maximum Gasteiger partial charge on any atom is 0.155 e. The van der Waals surface area contributed by atoms with Crippen LogP contribution in [-0.2, 0) is 4.74 Å². The molecular formula is C24H22N2O2S. The molecule has 4 aromatic rings. The molecule has 2 atom stereocenters. The number of hydrogen-bond donors (Lipinski definition) is 1. The number of thiophene rings is 1. The molecule has 0 spiro atoms. The van der Waals surface area contributed by atoms with Crippen LogP contribution >= 0.6 is 11.3 Å². The molecule has 0 aliphatic carbocycles. The van der Waals surface area contributed by atoms with E-state index in [1.807, 2.05) is 49.6 Å². The summed E-state index contributed by atoms with van der Waals surface area (Å²) in [6.07, 6.45) is 3.60. The van der Waals surface area contributed by atoms with Crippen molar-refractivity contribution in [3.8, 4) is 17.2 Å². The van der Waals surface area contributed by atoms with Crippen molar-refractivity contribution in [1.82, 2.24) is 4.98 Å². The van der Waals surface area contributed by atoms with Crippen molar-refractivity contribution in [3.05, 3.63) is 65.3 Å². The molecule has 0 saturated carbocycles. The topological polar surface area (TPSA) is 66.1 Å². The first kappa shape index (κ1) is 19.5. The summed E-state index contributed by atoms with van der Waals surface area (Å²) >= 11 is 1.71. The maximum absolute atomic E-state index is 10.00. The molecule has 2 aromatic carbocycles. The van der Waals surface area contributed by atoms with E-state index in [0.717, 1.165) is 32.0 Å². The fraction of sp³-hybridized carbons (Fsp3) is 0.250. The number of hydrogen-bond acceptors (Lipinski definition) is 5. The monoisotopic (exact) mass is 402 g/mol. The Balaban J connectivity index is 1.81. The van der Waals surface area contributed by atoms with E-state index in [2.05, 4.69) is 30.1 Å². The van der Waals surface area contributed by atoms with E-state index < -0.39 is 6.29 Å². The molecule has 0 bridgehead atoms. The first-order valence-corrected chi connectivity index (χ1v) is 10.5. The summed E-state index contributed by atoms with van der Waals surface area (Å²) in [4.78, 5) is 5.67. The van der Waals surface area contributed by atoms with Gasteiger partial charge in [0.2, 0.25) is 0 Å². The zero-order valence-electron chi connectivity index (χ0n) is 16.4. The average Bonchev–Trinajstić information content (AvgIpc) is 3.18. The van der Waals surface area contributed by atoms with Crippen molar-refractivity contribution in [1.29, 1.82) is 5.26 Å². The molecule has 29 heavy (non-hydrogen) atoms. The number of benzene rings is 2. The van der Waals surface area contributed by atoms with E-state index in [0.29, 0.717) is 18.6 Å². The summed E-state index contributed by atoms with van der Waals surface area (Å²) in [6.45, 7) is 4.49. The number of pyridine rings is 1. The first-order chi connectivity index (χ1) is 14.1. The van der Waals surface area contributed by atoms with Crippen LogP contribution in [0.4, 0.5) is 0 Å². The Labute approximate surface area is 174 Å². The van der Waals surface area contributed by atoms with Gasteiger partial charge in [-0.05, 0) is 35.9 Å². The lowest BCUT2D eigenvalue weighted by Crippen LogP contribution is -2.14. The van der Waals surface area contributed by atoms with Crippen LogP contribution in [0.5, 0.6) is 0 Å². The van der Waals surface area contributed by atoms with Crippen LogP contribution in [0, 0.1) is 11.3 Å². The van der Waals surface area contributed by atoms with E-state index in [-0.39, 0.29) is 5.92 Å². The number of nitriles is 1. The van der Waals surface area contributed by atoms with Crippen LogP contribution in [0.3, 0.4) is 0 Å². The zero-order chi connectivity index (χ0) is 20.4. The van der Waals surface area contributed by atoms with E-state index in [1.165, 1.54) is 4.88 Å². The number of ether oxygens (including phenoxy) is 1. The van der Waals surface area contributed by atoms with Crippen molar-refractivity contribution < 1.29 is 9.84 Å². The number of fused-ring (bicyclic) bond motifs is 2. The summed E-state index contributed by atoms with van der Waals surface area (Å²) < 4.78 is 6.41. The minimum Gasteiger partial charge on any atom is -0.368 e. The fourth-order valence-corrected chi connectivity index (χ4v) is 4.87. The second kappa shape index (κ2) is 8.30. The van der Waals surface area contributed by atoms with Gasteiger partial charge in [0.25, 0.3) is 0 Å². The van der Waals surface area contributed by atoms with Gasteiger partial charge < -0.3 is 9.84 Å². The third kappa shape index (κ3) is 3.75. The van der Waals surface area contributed by atoms with Crippen LogP contribution in [0.1, 0.15) is 36.6 Å². The summed E-state index contributed by atoms with van der Waals surface area (Å²) in [7, 11) is 0. The Bertz CT molecular complexity index is 1210. The Morgan fingerprint density at radius 3 is 2.66 bits per heavy atom. The molecule has 0 fully saturated rings. The molecule has 4 rings (SSSR count).